The fourth-order valence-corrected chi connectivity index (χ4v) is 2.03. The smallest absolute Gasteiger partial charge is 0.251 e. The lowest BCUT2D eigenvalue weighted by atomic mass is 10.2. The average Bonchev–Trinajstić information content (AvgIpc) is 2.81. The summed E-state index contributed by atoms with van der Waals surface area (Å²) in [6.07, 6.45) is 4.17. The Morgan fingerprint density at radius 3 is 2.74 bits per heavy atom. The summed E-state index contributed by atoms with van der Waals surface area (Å²) in [6.45, 7) is 1.33. The largest absolute Gasteiger partial charge is 0.352 e. The van der Waals surface area contributed by atoms with Gasteiger partial charge in [0.1, 0.15) is 0 Å². The highest BCUT2D eigenvalue weighted by Gasteiger charge is 2.04. The highest BCUT2D eigenvalue weighted by Crippen LogP contribution is 2.10. The van der Waals surface area contributed by atoms with E-state index in [9.17, 15) is 4.79 Å². The predicted octanol–water partition coefficient (Wildman–Crippen LogP) is 3.12. The van der Waals surface area contributed by atoms with Gasteiger partial charge in [0.15, 0.2) is 0 Å². The number of amides is 1. The first-order chi connectivity index (χ1) is 9.15. The van der Waals surface area contributed by atoms with Gasteiger partial charge >= 0.3 is 0 Å². The first kappa shape index (κ1) is 14.1. The normalized spacial score (nSPS) is 10.4. The van der Waals surface area contributed by atoms with Crippen molar-refractivity contribution in [3.8, 4) is 0 Å². The minimum absolute atomic E-state index is 0.0639. The molecule has 0 spiro atoms. The average molecular weight is 343 g/mol. The van der Waals surface area contributed by atoms with Gasteiger partial charge < -0.3 is 5.32 Å². The van der Waals surface area contributed by atoms with E-state index in [-0.39, 0.29) is 5.91 Å². The van der Waals surface area contributed by atoms with Crippen molar-refractivity contribution in [2.75, 3.05) is 6.54 Å². The minimum Gasteiger partial charge on any atom is -0.352 e. The Kier molecular flexibility index (Phi) is 4.99. The molecule has 6 heteroatoms. The van der Waals surface area contributed by atoms with Gasteiger partial charge in [-0.15, -0.1) is 0 Å². The van der Waals surface area contributed by atoms with Crippen LogP contribution in [0.15, 0.2) is 41.1 Å². The SMILES string of the molecule is O=C(NCCCn1cc(Cl)cn1)c1ccc(Br)cc1. The second-order valence-electron chi connectivity index (χ2n) is 4.04. The molecule has 0 atom stereocenters. The van der Waals surface area contributed by atoms with E-state index in [2.05, 4.69) is 26.3 Å². The Morgan fingerprint density at radius 2 is 2.11 bits per heavy atom. The van der Waals surface area contributed by atoms with Gasteiger partial charge in [-0.1, -0.05) is 27.5 Å². The van der Waals surface area contributed by atoms with Crippen LogP contribution in [-0.2, 0) is 6.54 Å². The van der Waals surface area contributed by atoms with Gasteiger partial charge in [-0.3, -0.25) is 9.48 Å². The van der Waals surface area contributed by atoms with Crippen molar-refractivity contribution >= 4 is 33.4 Å². The second-order valence-corrected chi connectivity index (χ2v) is 5.39. The van der Waals surface area contributed by atoms with Crippen LogP contribution in [0.3, 0.4) is 0 Å². The number of aromatic nitrogens is 2. The molecule has 1 aromatic carbocycles. The molecule has 0 aliphatic rings. The Bertz CT molecular complexity index is 553. The predicted molar refractivity (Wildman–Crippen MR) is 78.3 cm³/mol. The molecule has 1 heterocycles. The van der Waals surface area contributed by atoms with Crippen molar-refractivity contribution in [1.29, 1.82) is 0 Å². The van der Waals surface area contributed by atoms with Gasteiger partial charge in [0, 0.05) is 29.3 Å². The third kappa shape index (κ3) is 4.36. The Balaban J connectivity index is 1.73. The number of aryl methyl sites for hydroxylation is 1. The summed E-state index contributed by atoms with van der Waals surface area (Å²) in [5, 5.41) is 7.56. The molecule has 0 bridgehead atoms. The molecule has 1 amide bonds. The van der Waals surface area contributed by atoms with Gasteiger partial charge in [-0.25, -0.2) is 0 Å². The van der Waals surface area contributed by atoms with Gasteiger partial charge in [0.2, 0.25) is 0 Å². The molecule has 2 aromatic rings. The van der Waals surface area contributed by atoms with E-state index in [0.717, 1.165) is 17.4 Å². The van der Waals surface area contributed by atoms with Crippen molar-refractivity contribution in [1.82, 2.24) is 15.1 Å². The number of halogens is 2. The zero-order valence-corrected chi connectivity index (χ0v) is 12.5. The van der Waals surface area contributed by atoms with Gasteiger partial charge in [-0.2, -0.15) is 5.10 Å². The Morgan fingerprint density at radius 1 is 1.37 bits per heavy atom. The summed E-state index contributed by atoms with van der Waals surface area (Å²) in [6, 6.07) is 7.26. The fraction of sp³-hybridized carbons (Fsp3) is 0.231. The number of carbonyl (C=O) groups is 1. The molecule has 0 unspecified atom stereocenters. The van der Waals surface area contributed by atoms with Crippen LogP contribution in [0.25, 0.3) is 0 Å². The molecule has 0 saturated heterocycles. The molecular formula is C13H13BrClN3O. The van der Waals surface area contributed by atoms with Crippen LogP contribution in [0.1, 0.15) is 16.8 Å². The number of hydrogen-bond donors (Lipinski definition) is 1. The van der Waals surface area contributed by atoms with Crippen molar-refractivity contribution in [3.05, 3.63) is 51.7 Å². The number of benzene rings is 1. The van der Waals surface area contributed by atoms with Gasteiger partial charge in [-0.05, 0) is 30.7 Å². The molecule has 0 aliphatic heterocycles. The van der Waals surface area contributed by atoms with E-state index in [0.29, 0.717) is 17.1 Å². The lowest BCUT2D eigenvalue weighted by Crippen LogP contribution is -2.25. The maximum absolute atomic E-state index is 11.8. The van der Waals surface area contributed by atoms with Crippen LogP contribution >= 0.6 is 27.5 Å². The molecule has 0 fully saturated rings. The number of hydrogen-bond acceptors (Lipinski definition) is 2. The van der Waals surface area contributed by atoms with Crippen LogP contribution in [0, 0.1) is 0 Å². The zero-order chi connectivity index (χ0) is 13.7. The van der Waals surface area contributed by atoms with Crippen LogP contribution in [0.2, 0.25) is 5.02 Å². The van der Waals surface area contributed by atoms with Gasteiger partial charge in [0.25, 0.3) is 5.91 Å². The van der Waals surface area contributed by atoms with E-state index in [1.165, 1.54) is 0 Å². The van der Waals surface area contributed by atoms with Gasteiger partial charge in [0.05, 0.1) is 11.2 Å². The molecule has 1 aromatic heterocycles. The molecule has 0 aliphatic carbocycles. The summed E-state index contributed by atoms with van der Waals surface area (Å²) < 4.78 is 2.72. The standard InChI is InChI=1S/C13H13BrClN3O/c14-11-4-2-10(3-5-11)13(19)16-6-1-7-18-9-12(15)8-17-18/h2-5,8-9H,1,6-7H2,(H,16,19). The van der Waals surface area contributed by atoms with E-state index in [1.807, 2.05) is 12.1 Å². The molecule has 4 nitrogen and oxygen atoms in total. The third-order valence-electron chi connectivity index (χ3n) is 2.56. The van der Waals surface area contributed by atoms with Crippen LogP contribution in [-0.4, -0.2) is 22.2 Å². The van der Waals surface area contributed by atoms with Crippen molar-refractivity contribution in [2.24, 2.45) is 0 Å². The lowest BCUT2D eigenvalue weighted by molar-refractivity contribution is 0.0952. The first-order valence-electron chi connectivity index (χ1n) is 5.87. The molecular weight excluding hydrogens is 330 g/mol. The van der Waals surface area contributed by atoms with Crippen molar-refractivity contribution < 1.29 is 4.79 Å². The summed E-state index contributed by atoms with van der Waals surface area (Å²) in [5.41, 5.74) is 0.658. The number of carbonyl (C=O) groups excluding carboxylic acids is 1. The van der Waals surface area contributed by atoms with E-state index >= 15 is 0 Å². The summed E-state index contributed by atoms with van der Waals surface area (Å²) in [7, 11) is 0. The first-order valence-corrected chi connectivity index (χ1v) is 7.04. The van der Waals surface area contributed by atoms with Crippen molar-refractivity contribution in [3.63, 3.8) is 0 Å². The maximum atomic E-state index is 11.8. The molecule has 19 heavy (non-hydrogen) atoms. The van der Waals surface area contributed by atoms with E-state index in [4.69, 9.17) is 11.6 Å². The maximum Gasteiger partial charge on any atom is 0.251 e. The highest BCUT2D eigenvalue weighted by atomic mass is 79.9. The number of rotatable bonds is 5. The zero-order valence-electron chi connectivity index (χ0n) is 10.1. The number of nitrogens with zero attached hydrogens (tertiary/aromatic N) is 2. The van der Waals surface area contributed by atoms with Crippen LogP contribution in [0.4, 0.5) is 0 Å². The molecule has 0 saturated carbocycles. The van der Waals surface area contributed by atoms with Crippen LogP contribution in [0.5, 0.6) is 0 Å². The quantitative estimate of drug-likeness (QED) is 0.849. The molecule has 100 valence electrons. The fourth-order valence-electron chi connectivity index (χ4n) is 1.61. The van der Waals surface area contributed by atoms with E-state index < -0.39 is 0 Å². The summed E-state index contributed by atoms with van der Waals surface area (Å²) in [4.78, 5) is 11.8. The monoisotopic (exact) mass is 341 g/mol. The Labute approximate surface area is 124 Å². The topological polar surface area (TPSA) is 46.9 Å². The highest BCUT2D eigenvalue weighted by molar-refractivity contribution is 9.10. The van der Waals surface area contributed by atoms with E-state index in [1.54, 1.807) is 29.2 Å². The van der Waals surface area contributed by atoms with Crippen LogP contribution < -0.4 is 5.32 Å². The minimum atomic E-state index is -0.0639. The molecule has 1 N–H and O–H groups in total. The lowest BCUT2D eigenvalue weighted by Gasteiger charge is -2.05. The Hall–Kier alpha value is -1.33. The van der Waals surface area contributed by atoms with Crippen molar-refractivity contribution in [2.45, 2.75) is 13.0 Å². The number of nitrogens with one attached hydrogen (secondary N) is 1. The second kappa shape index (κ2) is 6.73. The summed E-state index contributed by atoms with van der Waals surface area (Å²) in [5.74, 6) is -0.0639. The molecule has 2 rings (SSSR count). The third-order valence-corrected chi connectivity index (χ3v) is 3.28. The summed E-state index contributed by atoms with van der Waals surface area (Å²) >= 11 is 9.09. The molecule has 0 radical (unpaired) electrons.